The summed E-state index contributed by atoms with van der Waals surface area (Å²) in [6.45, 7) is 2.22. The van der Waals surface area contributed by atoms with E-state index < -0.39 is 0 Å². The Morgan fingerprint density at radius 1 is 1.35 bits per heavy atom. The Labute approximate surface area is 103 Å². The Morgan fingerprint density at radius 3 is 2.82 bits per heavy atom. The van der Waals surface area contributed by atoms with Crippen LogP contribution in [0.4, 0.5) is 0 Å². The van der Waals surface area contributed by atoms with Crippen LogP contribution in [-0.2, 0) is 9.53 Å². The molecule has 3 heteroatoms. The molecule has 96 valence electrons. The number of carbonyl (C=O) groups excluding carboxylic acids is 1. The van der Waals surface area contributed by atoms with Crippen LogP contribution in [-0.4, -0.2) is 18.1 Å². The summed E-state index contributed by atoms with van der Waals surface area (Å²) >= 11 is 0. The summed E-state index contributed by atoms with van der Waals surface area (Å²) in [7, 11) is 0. The Morgan fingerprint density at radius 2 is 2.18 bits per heavy atom. The smallest absolute Gasteiger partial charge is 0.313 e. The molecule has 3 nitrogen and oxygen atoms in total. The lowest BCUT2D eigenvalue weighted by Crippen LogP contribution is -2.28. The maximum Gasteiger partial charge on any atom is 0.313 e. The van der Waals surface area contributed by atoms with E-state index in [1.54, 1.807) is 0 Å². The Hall–Kier alpha value is -0.830. The molecule has 0 aromatic rings. The first-order chi connectivity index (χ1) is 8.19. The molecular weight excluding hydrogens is 214 g/mol. The van der Waals surface area contributed by atoms with Gasteiger partial charge >= 0.3 is 5.97 Å². The van der Waals surface area contributed by atoms with E-state index in [0.29, 0.717) is 6.42 Å². The first kappa shape index (κ1) is 12.6. The van der Waals surface area contributed by atoms with Crippen molar-refractivity contribution in [1.29, 1.82) is 0 Å². The zero-order valence-corrected chi connectivity index (χ0v) is 10.6. The summed E-state index contributed by atoms with van der Waals surface area (Å²) in [4.78, 5) is 11.9. The maximum atomic E-state index is 11.9. The van der Waals surface area contributed by atoms with Gasteiger partial charge in [0.1, 0.15) is 6.10 Å². The van der Waals surface area contributed by atoms with Crippen molar-refractivity contribution >= 4 is 5.97 Å². The van der Waals surface area contributed by atoms with E-state index in [9.17, 15) is 4.79 Å². The van der Waals surface area contributed by atoms with Crippen LogP contribution in [0, 0.1) is 11.8 Å². The lowest BCUT2D eigenvalue weighted by atomic mass is 9.85. The van der Waals surface area contributed by atoms with E-state index in [1.807, 2.05) is 12.2 Å². The summed E-state index contributed by atoms with van der Waals surface area (Å²) in [6.07, 6.45) is 10.4. The van der Waals surface area contributed by atoms with Gasteiger partial charge in [0.25, 0.3) is 0 Å². The van der Waals surface area contributed by atoms with Crippen LogP contribution in [0.25, 0.3) is 0 Å². The fraction of sp³-hybridized carbons (Fsp3) is 0.786. The molecule has 0 radical (unpaired) electrons. The van der Waals surface area contributed by atoms with Gasteiger partial charge in [0.05, 0.1) is 5.92 Å². The van der Waals surface area contributed by atoms with E-state index in [4.69, 9.17) is 10.5 Å². The Bertz CT molecular complexity index is 301. The lowest BCUT2D eigenvalue weighted by Gasteiger charge is -2.28. The average molecular weight is 237 g/mol. The molecule has 0 aromatic carbocycles. The molecule has 2 aliphatic rings. The van der Waals surface area contributed by atoms with Gasteiger partial charge in [-0.3, -0.25) is 4.79 Å². The summed E-state index contributed by atoms with van der Waals surface area (Å²) < 4.78 is 5.61. The van der Waals surface area contributed by atoms with Crippen LogP contribution < -0.4 is 5.73 Å². The molecule has 1 saturated carbocycles. The van der Waals surface area contributed by atoms with Crippen LogP contribution in [0.2, 0.25) is 0 Å². The number of rotatable bonds is 3. The Kier molecular flexibility index (Phi) is 4.21. The van der Waals surface area contributed by atoms with Crippen molar-refractivity contribution in [3.8, 4) is 0 Å². The molecule has 2 N–H and O–H groups in total. The molecule has 2 rings (SSSR count). The fourth-order valence-electron chi connectivity index (χ4n) is 2.87. The molecule has 0 saturated heterocycles. The van der Waals surface area contributed by atoms with Crippen molar-refractivity contribution in [2.24, 2.45) is 17.6 Å². The van der Waals surface area contributed by atoms with Gasteiger partial charge in [0.15, 0.2) is 0 Å². The summed E-state index contributed by atoms with van der Waals surface area (Å²) in [5.41, 5.74) is 5.75. The van der Waals surface area contributed by atoms with Crippen LogP contribution in [0.3, 0.4) is 0 Å². The predicted molar refractivity (Wildman–Crippen MR) is 67.4 cm³/mol. The largest absolute Gasteiger partial charge is 0.462 e. The highest BCUT2D eigenvalue weighted by molar-refractivity contribution is 5.75. The zero-order valence-electron chi connectivity index (χ0n) is 10.6. The van der Waals surface area contributed by atoms with Gasteiger partial charge in [-0.2, -0.15) is 0 Å². The quantitative estimate of drug-likeness (QED) is 0.605. The second-order valence-corrected chi connectivity index (χ2v) is 5.39. The van der Waals surface area contributed by atoms with Gasteiger partial charge in [-0.05, 0) is 31.6 Å². The van der Waals surface area contributed by atoms with Gasteiger partial charge in [-0.15, -0.1) is 0 Å². The lowest BCUT2D eigenvalue weighted by molar-refractivity contribution is -0.154. The maximum absolute atomic E-state index is 11.9. The van der Waals surface area contributed by atoms with Crippen LogP contribution >= 0.6 is 0 Å². The van der Waals surface area contributed by atoms with Crippen LogP contribution in [0.15, 0.2) is 12.2 Å². The summed E-state index contributed by atoms with van der Waals surface area (Å²) in [6, 6.07) is 0.0299. The van der Waals surface area contributed by atoms with Crippen molar-refractivity contribution in [3.63, 3.8) is 0 Å². The van der Waals surface area contributed by atoms with Gasteiger partial charge in [0.2, 0.25) is 0 Å². The molecule has 0 heterocycles. The number of hydrogen-bond donors (Lipinski definition) is 1. The van der Waals surface area contributed by atoms with E-state index in [0.717, 1.165) is 18.8 Å². The molecule has 4 unspecified atom stereocenters. The first-order valence-electron chi connectivity index (χ1n) is 6.83. The van der Waals surface area contributed by atoms with E-state index in [2.05, 4.69) is 6.92 Å². The third kappa shape index (κ3) is 3.32. The minimum Gasteiger partial charge on any atom is -0.462 e. The number of hydrogen-bond acceptors (Lipinski definition) is 3. The van der Waals surface area contributed by atoms with E-state index in [1.165, 1.54) is 19.3 Å². The third-order valence-electron chi connectivity index (χ3n) is 4.01. The topological polar surface area (TPSA) is 52.3 Å². The van der Waals surface area contributed by atoms with Crippen molar-refractivity contribution in [2.45, 2.75) is 57.6 Å². The molecular formula is C14H23NO2. The summed E-state index contributed by atoms with van der Waals surface area (Å²) in [5, 5.41) is 0. The molecule has 17 heavy (non-hydrogen) atoms. The molecule has 2 aliphatic carbocycles. The molecule has 0 aliphatic heterocycles. The highest BCUT2D eigenvalue weighted by Crippen LogP contribution is 2.29. The zero-order chi connectivity index (χ0) is 12.3. The van der Waals surface area contributed by atoms with Gasteiger partial charge in [-0.25, -0.2) is 0 Å². The highest BCUT2D eigenvalue weighted by atomic mass is 16.5. The number of carbonyl (C=O) groups is 1. The molecule has 1 fully saturated rings. The highest BCUT2D eigenvalue weighted by Gasteiger charge is 2.28. The fourth-order valence-corrected chi connectivity index (χ4v) is 2.87. The number of ether oxygens (including phenoxy) is 1. The van der Waals surface area contributed by atoms with E-state index >= 15 is 0 Å². The SMILES string of the molecule is CCC1CCCC(OC(=O)C2C=CC(N)C2)C1. The van der Waals surface area contributed by atoms with Crippen molar-refractivity contribution in [2.75, 3.05) is 0 Å². The third-order valence-corrected chi connectivity index (χ3v) is 4.01. The van der Waals surface area contributed by atoms with Crippen molar-refractivity contribution < 1.29 is 9.53 Å². The molecule has 0 aromatic heterocycles. The number of nitrogens with two attached hydrogens (primary N) is 1. The van der Waals surface area contributed by atoms with Gasteiger partial charge < -0.3 is 10.5 Å². The standard InChI is InChI=1S/C14H23NO2/c1-2-10-4-3-5-13(8-10)17-14(16)11-6-7-12(15)9-11/h6-7,10-13H,2-5,8-9,15H2,1H3. The van der Waals surface area contributed by atoms with Crippen molar-refractivity contribution in [3.05, 3.63) is 12.2 Å². The predicted octanol–water partition coefficient (Wildman–Crippen LogP) is 2.40. The minimum absolute atomic E-state index is 0.0299. The minimum atomic E-state index is -0.105. The molecule has 0 spiro atoms. The number of esters is 1. The average Bonchev–Trinajstić information content (AvgIpc) is 2.76. The molecule has 0 bridgehead atoms. The molecule has 4 atom stereocenters. The normalized spacial score (nSPS) is 37.1. The van der Waals surface area contributed by atoms with Crippen LogP contribution in [0.1, 0.15) is 45.4 Å². The summed E-state index contributed by atoms with van der Waals surface area (Å²) in [5.74, 6) is 0.561. The van der Waals surface area contributed by atoms with Crippen molar-refractivity contribution in [1.82, 2.24) is 0 Å². The van der Waals surface area contributed by atoms with Gasteiger partial charge in [0, 0.05) is 6.04 Å². The first-order valence-corrected chi connectivity index (χ1v) is 6.83. The monoisotopic (exact) mass is 237 g/mol. The van der Waals surface area contributed by atoms with E-state index in [-0.39, 0.29) is 24.0 Å². The molecule has 0 amide bonds. The Balaban J connectivity index is 1.80. The second-order valence-electron chi connectivity index (χ2n) is 5.39. The van der Waals surface area contributed by atoms with Gasteiger partial charge in [-0.1, -0.05) is 31.9 Å². The second kappa shape index (κ2) is 5.67. The van der Waals surface area contributed by atoms with Crippen LogP contribution in [0.5, 0.6) is 0 Å².